The van der Waals surface area contributed by atoms with Gasteiger partial charge in [-0.15, -0.1) is 0 Å². The maximum Gasteiger partial charge on any atom is 0.147 e. The first-order chi connectivity index (χ1) is 12.0. The number of hydrogen-bond donors (Lipinski definition) is 1. The Morgan fingerprint density at radius 2 is 1.19 bits per heavy atom. The van der Waals surface area contributed by atoms with Crippen molar-refractivity contribution in [1.29, 1.82) is 0 Å². The van der Waals surface area contributed by atoms with E-state index in [0.717, 1.165) is 51.7 Å². The summed E-state index contributed by atoms with van der Waals surface area (Å²) in [6.07, 6.45) is 12.3. The average Bonchev–Trinajstić information content (AvgIpc) is 2.47. The molecule has 0 aliphatic rings. The van der Waals surface area contributed by atoms with Crippen molar-refractivity contribution in [3.63, 3.8) is 0 Å². The first-order valence-electron chi connectivity index (χ1n) is 10.3. The number of unbranched alkanes of at least 4 members (excludes halogenated alkanes) is 4. The number of aliphatic hydroxyl groups is 1. The van der Waals surface area contributed by atoms with Crippen molar-refractivity contribution in [3.05, 3.63) is 0 Å². The molecule has 0 aliphatic heterocycles. The Balaban J connectivity index is 3.58. The molecule has 1 N–H and O–H groups in total. The van der Waals surface area contributed by atoms with E-state index in [-0.39, 0.29) is 11.2 Å². The molecule has 0 atom stereocenters. The highest BCUT2D eigenvalue weighted by Gasteiger charge is 2.22. The minimum absolute atomic E-state index is 0.143. The minimum Gasteiger partial charge on any atom is -0.396 e. The van der Waals surface area contributed by atoms with E-state index in [0.29, 0.717) is 12.0 Å². The van der Waals surface area contributed by atoms with Gasteiger partial charge in [0.05, 0.1) is 5.75 Å². The largest absolute Gasteiger partial charge is 0.396 e. The van der Waals surface area contributed by atoms with Crippen LogP contribution >= 0.6 is 0 Å². The molecule has 0 aromatic heterocycles. The zero-order valence-corrected chi connectivity index (χ0v) is 18.8. The van der Waals surface area contributed by atoms with Gasteiger partial charge in [0.2, 0.25) is 0 Å². The molecule has 0 aromatic rings. The summed E-state index contributed by atoms with van der Waals surface area (Å²) in [7, 11) is -2.90. The van der Waals surface area contributed by atoms with Gasteiger partial charge in [-0.3, -0.25) is 0 Å². The van der Waals surface area contributed by atoms with E-state index < -0.39 is 9.84 Å². The summed E-state index contributed by atoms with van der Waals surface area (Å²) in [5.74, 6) is 0.261. The van der Waals surface area contributed by atoms with E-state index >= 15 is 0 Å². The number of rotatable bonds is 17. The van der Waals surface area contributed by atoms with Crippen LogP contribution in [-0.4, -0.2) is 45.4 Å². The first kappa shape index (κ1) is 25.9. The van der Waals surface area contributed by atoms with Gasteiger partial charge in [-0.2, -0.15) is 0 Å². The van der Waals surface area contributed by atoms with Gasteiger partial charge in [0, 0.05) is 26.1 Å². The van der Waals surface area contributed by atoms with Crippen molar-refractivity contribution >= 4 is 9.84 Å². The summed E-state index contributed by atoms with van der Waals surface area (Å²) in [6.45, 7) is 10.6. The number of ether oxygens (including phenoxy) is 1. The summed E-state index contributed by atoms with van der Waals surface area (Å²) in [4.78, 5) is 0. The van der Waals surface area contributed by atoms with Crippen LogP contribution in [0.15, 0.2) is 0 Å². The first-order valence-corrected chi connectivity index (χ1v) is 12.4. The third-order valence-corrected chi connectivity index (χ3v) is 6.25. The topological polar surface area (TPSA) is 63.6 Å². The van der Waals surface area contributed by atoms with Gasteiger partial charge in [0.15, 0.2) is 0 Å². The summed E-state index contributed by atoms with van der Waals surface area (Å²) < 4.78 is 28.5. The van der Waals surface area contributed by atoms with E-state index in [1.807, 2.05) is 13.8 Å². The van der Waals surface area contributed by atoms with Crippen molar-refractivity contribution in [3.8, 4) is 0 Å². The van der Waals surface area contributed by atoms with Crippen LogP contribution in [-0.2, 0) is 14.6 Å². The Morgan fingerprint density at radius 1 is 0.731 bits per heavy atom. The van der Waals surface area contributed by atoms with Crippen molar-refractivity contribution in [2.75, 3.05) is 31.8 Å². The van der Waals surface area contributed by atoms with E-state index in [4.69, 9.17) is 9.84 Å². The fraction of sp³-hybridized carbons (Fsp3) is 1.00. The second kappa shape index (κ2) is 13.1. The summed E-state index contributed by atoms with van der Waals surface area (Å²) in [5.41, 5.74) is 0.247. The molecule has 4 nitrogen and oxygen atoms in total. The monoisotopic (exact) mass is 392 g/mol. The van der Waals surface area contributed by atoms with Gasteiger partial charge < -0.3 is 9.84 Å². The predicted octanol–water partition coefficient (Wildman–Crippen LogP) is 4.99. The Kier molecular flexibility index (Phi) is 13.0. The highest BCUT2D eigenvalue weighted by molar-refractivity contribution is 7.90. The number of hydrogen-bond acceptors (Lipinski definition) is 4. The Morgan fingerprint density at radius 3 is 1.65 bits per heavy atom. The summed E-state index contributed by atoms with van der Waals surface area (Å²) in [5, 5.41) is 8.82. The molecule has 0 fully saturated rings. The molecule has 0 aliphatic carbocycles. The lowest BCUT2D eigenvalue weighted by molar-refractivity contribution is 0.120. The van der Waals surface area contributed by atoms with Gasteiger partial charge in [0.25, 0.3) is 0 Å². The molecule has 0 saturated carbocycles. The third-order valence-electron chi connectivity index (χ3n) is 4.95. The van der Waals surface area contributed by atoms with E-state index in [2.05, 4.69) is 13.8 Å². The molecule has 0 unspecified atom stereocenters. The van der Waals surface area contributed by atoms with Crippen molar-refractivity contribution in [2.45, 2.75) is 91.9 Å². The lowest BCUT2D eigenvalue weighted by atomic mass is 9.82. The molecule has 158 valence electrons. The van der Waals surface area contributed by atoms with Crippen molar-refractivity contribution < 1.29 is 18.3 Å². The number of aliphatic hydroxyl groups excluding tert-OH is 1. The van der Waals surface area contributed by atoms with Crippen LogP contribution in [0, 0.1) is 10.8 Å². The molecule has 0 aromatic carbocycles. The minimum atomic E-state index is -2.90. The molecule has 5 heteroatoms. The quantitative estimate of drug-likeness (QED) is 0.354. The van der Waals surface area contributed by atoms with Crippen LogP contribution in [0.1, 0.15) is 91.9 Å². The van der Waals surface area contributed by atoms with E-state index in [9.17, 15) is 8.42 Å². The van der Waals surface area contributed by atoms with E-state index in [1.54, 1.807) is 0 Å². The molecular weight excluding hydrogens is 348 g/mol. The normalized spacial score (nSPS) is 13.3. The Bertz CT molecular complexity index is 441. The summed E-state index contributed by atoms with van der Waals surface area (Å²) in [6, 6.07) is 0. The smallest absolute Gasteiger partial charge is 0.147 e. The standard InChI is InChI=1S/C21H44O4S/c1-20(2,13-7-6-10-16-22)14-8-11-17-25-18-12-9-15-21(3,4)19-26(5,23)24/h22H,6-19H2,1-5H3. The van der Waals surface area contributed by atoms with Crippen LogP contribution in [0.3, 0.4) is 0 Å². The van der Waals surface area contributed by atoms with Crippen LogP contribution in [0.25, 0.3) is 0 Å². The second-order valence-corrected chi connectivity index (χ2v) is 11.6. The van der Waals surface area contributed by atoms with Crippen molar-refractivity contribution in [1.82, 2.24) is 0 Å². The van der Waals surface area contributed by atoms with Crippen LogP contribution in [0.2, 0.25) is 0 Å². The SMILES string of the molecule is CC(C)(CCCCCO)CCCCOCCCCC(C)(C)CS(C)(=O)=O. The van der Waals surface area contributed by atoms with Crippen molar-refractivity contribution in [2.24, 2.45) is 10.8 Å². The maximum absolute atomic E-state index is 11.4. The highest BCUT2D eigenvalue weighted by atomic mass is 32.2. The predicted molar refractivity (Wildman–Crippen MR) is 111 cm³/mol. The second-order valence-electron chi connectivity index (χ2n) is 9.46. The molecule has 0 radical (unpaired) electrons. The van der Waals surface area contributed by atoms with Gasteiger partial charge in [-0.25, -0.2) is 8.42 Å². The van der Waals surface area contributed by atoms with Crippen LogP contribution in [0.4, 0.5) is 0 Å². The molecule has 26 heavy (non-hydrogen) atoms. The molecule has 0 bridgehead atoms. The fourth-order valence-electron chi connectivity index (χ4n) is 3.52. The van der Waals surface area contributed by atoms with Crippen LogP contribution < -0.4 is 0 Å². The van der Waals surface area contributed by atoms with Gasteiger partial charge in [-0.05, 0) is 49.4 Å². The zero-order valence-electron chi connectivity index (χ0n) is 18.0. The highest BCUT2D eigenvalue weighted by Crippen LogP contribution is 2.30. The van der Waals surface area contributed by atoms with Crippen LogP contribution in [0.5, 0.6) is 0 Å². The molecule has 0 amide bonds. The molecular formula is C21H44O4S. The molecule has 0 rings (SSSR count). The van der Waals surface area contributed by atoms with Gasteiger partial charge in [0.1, 0.15) is 9.84 Å². The molecule has 0 heterocycles. The van der Waals surface area contributed by atoms with Gasteiger partial charge >= 0.3 is 0 Å². The van der Waals surface area contributed by atoms with Gasteiger partial charge in [-0.1, -0.05) is 53.4 Å². The lowest BCUT2D eigenvalue weighted by Gasteiger charge is -2.24. The fourth-order valence-corrected chi connectivity index (χ4v) is 5.08. The molecule has 0 spiro atoms. The third kappa shape index (κ3) is 17.3. The van der Waals surface area contributed by atoms with E-state index in [1.165, 1.54) is 31.9 Å². The summed E-state index contributed by atoms with van der Waals surface area (Å²) >= 11 is 0. The average molecular weight is 393 g/mol. The maximum atomic E-state index is 11.4. The molecule has 0 saturated heterocycles. The Labute approximate surface area is 163 Å². The Hall–Kier alpha value is -0.130. The lowest BCUT2D eigenvalue weighted by Crippen LogP contribution is -2.23. The zero-order chi connectivity index (χ0) is 20.1. The number of sulfone groups is 1.